The summed E-state index contributed by atoms with van der Waals surface area (Å²) in [6.45, 7) is 4.30. The predicted octanol–water partition coefficient (Wildman–Crippen LogP) is 3.16. The van der Waals surface area contributed by atoms with Gasteiger partial charge in [-0.15, -0.1) is 0 Å². The summed E-state index contributed by atoms with van der Waals surface area (Å²) in [5.74, 6) is 1.78. The lowest BCUT2D eigenvalue weighted by molar-refractivity contribution is 0.358. The van der Waals surface area contributed by atoms with E-state index in [0.717, 1.165) is 23.0 Å². The Morgan fingerprint density at radius 3 is 2.56 bits per heavy atom. The molecule has 0 bridgehead atoms. The molecule has 0 aliphatic heterocycles. The van der Waals surface area contributed by atoms with E-state index in [0.29, 0.717) is 17.4 Å². The van der Waals surface area contributed by atoms with Gasteiger partial charge in [-0.05, 0) is 24.5 Å². The molecule has 4 nitrogen and oxygen atoms in total. The van der Waals surface area contributed by atoms with Crippen molar-refractivity contribution in [1.29, 1.82) is 0 Å². The van der Waals surface area contributed by atoms with Crippen LogP contribution in [0.25, 0.3) is 10.9 Å². The topological polar surface area (TPSA) is 44.2 Å². The molecular formula is C14H18N2O2. The lowest BCUT2D eigenvalue weighted by Crippen LogP contribution is -2.01. The molecule has 1 aromatic carbocycles. The Morgan fingerprint density at radius 1 is 1.17 bits per heavy atom. The molecule has 1 heterocycles. The highest BCUT2D eigenvalue weighted by Gasteiger charge is 2.17. The van der Waals surface area contributed by atoms with Crippen LogP contribution < -0.4 is 9.47 Å². The van der Waals surface area contributed by atoms with Crippen LogP contribution in [0.4, 0.5) is 0 Å². The summed E-state index contributed by atoms with van der Waals surface area (Å²) in [5.41, 5.74) is 1.90. The molecule has 0 radical (unpaired) electrons. The Kier molecular flexibility index (Phi) is 3.65. The zero-order valence-electron chi connectivity index (χ0n) is 11.2. The third kappa shape index (κ3) is 1.98. The number of benzene rings is 1. The van der Waals surface area contributed by atoms with E-state index >= 15 is 0 Å². The maximum Gasteiger partial charge on any atom is 0.171 e. The van der Waals surface area contributed by atoms with E-state index in [9.17, 15) is 0 Å². The predicted molar refractivity (Wildman–Crippen MR) is 71.3 cm³/mol. The molecule has 1 unspecified atom stereocenters. The van der Waals surface area contributed by atoms with Crippen LogP contribution in [0.1, 0.15) is 31.9 Å². The van der Waals surface area contributed by atoms with Gasteiger partial charge in [0.25, 0.3) is 0 Å². The summed E-state index contributed by atoms with van der Waals surface area (Å²) in [4.78, 5) is 8.71. The Balaban J connectivity index is 2.79. The quantitative estimate of drug-likeness (QED) is 0.831. The van der Waals surface area contributed by atoms with E-state index in [1.807, 2.05) is 12.1 Å². The minimum absolute atomic E-state index is 0.358. The van der Waals surface area contributed by atoms with Crippen LogP contribution in [0.3, 0.4) is 0 Å². The molecule has 1 aromatic heterocycles. The molecule has 4 heteroatoms. The Hall–Kier alpha value is -1.84. The summed E-state index contributed by atoms with van der Waals surface area (Å²) in [6.07, 6.45) is 2.63. The summed E-state index contributed by atoms with van der Waals surface area (Å²) in [7, 11) is 3.28. The first-order valence-corrected chi connectivity index (χ1v) is 6.08. The van der Waals surface area contributed by atoms with Crippen molar-refractivity contribution < 1.29 is 9.47 Å². The van der Waals surface area contributed by atoms with Gasteiger partial charge < -0.3 is 9.47 Å². The van der Waals surface area contributed by atoms with E-state index in [1.54, 1.807) is 20.5 Å². The van der Waals surface area contributed by atoms with Crippen molar-refractivity contribution in [1.82, 2.24) is 9.97 Å². The number of methoxy groups -OCH3 is 2. The van der Waals surface area contributed by atoms with Gasteiger partial charge in [-0.2, -0.15) is 0 Å². The van der Waals surface area contributed by atoms with Gasteiger partial charge in [0.2, 0.25) is 0 Å². The van der Waals surface area contributed by atoms with Gasteiger partial charge in [0.1, 0.15) is 6.33 Å². The molecule has 0 spiro atoms. The van der Waals surface area contributed by atoms with E-state index in [2.05, 4.69) is 23.8 Å². The molecule has 0 saturated heterocycles. The van der Waals surface area contributed by atoms with E-state index in [-0.39, 0.29) is 0 Å². The highest BCUT2D eigenvalue weighted by Crippen LogP contribution is 2.38. The van der Waals surface area contributed by atoms with Crippen LogP contribution in [0.2, 0.25) is 0 Å². The monoisotopic (exact) mass is 246 g/mol. The molecule has 0 aliphatic carbocycles. The number of hydrogen-bond acceptors (Lipinski definition) is 4. The van der Waals surface area contributed by atoms with Gasteiger partial charge >= 0.3 is 0 Å². The molecule has 0 N–H and O–H groups in total. The first kappa shape index (κ1) is 12.6. The second-order valence-electron chi connectivity index (χ2n) is 4.26. The number of fused-ring (bicyclic) bond motifs is 1. The van der Waals surface area contributed by atoms with Gasteiger partial charge in [-0.1, -0.05) is 13.8 Å². The number of ether oxygens (including phenoxy) is 2. The largest absolute Gasteiger partial charge is 0.493 e. The first-order valence-electron chi connectivity index (χ1n) is 6.08. The standard InChI is InChI=1S/C14H18N2O2/c1-5-9(2)13-12-10(15-8-16-13)6-7-11(17-3)14(12)18-4/h6-9H,5H2,1-4H3. The molecule has 18 heavy (non-hydrogen) atoms. The molecule has 0 saturated carbocycles. The summed E-state index contributed by atoms with van der Waals surface area (Å²) in [5, 5.41) is 0.953. The van der Waals surface area contributed by atoms with Crippen LogP contribution in [0.15, 0.2) is 18.5 Å². The molecule has 0 amide bonds. The molecule has 96 valence electrons. The minimum atomic E-state index is 0.358. The summed E-state index contributed by atoms with van der Waals surface area (Å²) in [6, 6.07) is 3.80. The average molecular weight is 246 g/mol. The minimum Gasteiger partial charge on any atom is -0.493 e. The normalized spacial score (nSPS) is 12.4. The number of rotatable bonds is 4. The van der Waals surface area contributed by atoms with Crippen LogP contribution >= 0.6 is 0 Å². The second-order valence-corrected chi connectivity index (χ2v) is 4.26. The second kappa shape index (κ2) is 5.21. The van der Waals surface area contributed by atoms with Gasteiger partial charge in [0.15, 0.2) is 11.5 Å². The lowest BCUT2D eigenvalue weighted by Gasteiger charge is -2.15. The summed E-state index contributed by atoms with van der Waals surface area (Å²) >= 11 is 0. The van der Waals surface area contributed by atoms with Gasteiger partial charge in [0.05, 0.1) is 30.8 Å². The van der Waals surface area contributed by atoms with E-state index in [4.69, 9.17) is 9.47 Å². The van der Waals surface area contributed by atoms with Crippen LogP contribution in [0.5, 0.6) is 11.5 Å². The van der Waals surface area contributed by atoms with E-state index in [1.165, 1.54) is 0 Å². The van der Waals surface area contributed by atoms with Crippen molar-refractivity contribution in [2.45, 2.75) is 26.2 Å². The Bertz CT molecular complexity index is 555. The van der Waals surface area contributed by atoms with Crippen molar-refractivity contribution in [3.05, 3.63) is 24.2 Å². The molecule has 2 rings (SSSR count). The van der Waals surface area contributed by atoms with Gasteiger partial charge in [-0.3, -0.25) is 0 Å². The first-order chi connectivity index (χ1) is 8.72. The SMILES string of the molecule is CCC(C)c1ncnc2ccc(OC)c(OC)c12. The fourth-order valence-electron chi connectivity index (χ4n) is 2.06. The van der Waals surface area contributed by atoms with Crippen LogP contribution in [-0.2, 0) is 0 Å². The molecular weight excluding hydrogens is 228 g/mol. The maximum absolute atomic E-state index is 5.48. The van der Waals surface area contributed by atoms with E-state index < -0.39 is 0 Å². The highest BCUT2D eigenvalue weighted by atomic mass is 16.5. The highest BCUT2D eigenvalue weighted by molar-refractivity contribution is 5.90. The van der Waals surface area contributed by atoms with Gasteiger partial charge in [0, 0.05) is 0 Å². The number of hydrogen-bond donors (Lipinski definition) is 0. The fourth-order valence-corrected chi connectivity index (χ4v) is 2.06. The molecule has 0 aliphatic rings. The molecule has 0 fully saturated rings. The van der Waals surface area contributed by atoms with Crippen molar-refractivity contribution in [2.75, 3.05) is 14.2 Å². The van der Waals surface area contributed by atoms with Gasteiger partial charge in [-0.25, -0.2) is 9.97 Å². The third-order valence-electron chi connectivity index (χ3n) is 3.25. The maximum atomic E-state index is 5.48. The van der Waals surface area contributed by atoms with Crippen LogP contribution in [0, 0.1) is 0 Å². The fraction of sp³-hybridized carbons (Fsp3) is 0.429. The molecule has 2 aromatic rings. The number of nitrogens with zero attached hydrogens (tertiary/aromatic N) is 2. The average Bonchev–Trinajstić information content (AvgIpc) is 2.44. The van der Waals surface area contributed by atoms with Crippen LogP contribution in [-0.4, -0.2) is 24.2 Å². The zero-order chi connectivity index (χ0) is 13.1. The van der Waals surface area contributed by atoms with Crippen molar-refractivity contribution in [3.63, 3.8) is 0 Å². The van der Waals surface area contributed by atoms with Crippen molar-refractivity contribution >= 4 is 10.9 Å². The summed E-state index contributed by atoms with van der Waals surface area (Å²) < 4.78 is 10.8. The number of aromatic nitrogens is 2. The Labute approximate surface area is 107 Å². The van der Waals surface area contributed by atoms with Crippen molar-refractivity contribution in [2.24, 2.45) is 0 Å². The zero-order valence-corrected chi connectivity index (χ0v) is 11.2. The molecule has 1 atom stereocenters. The van der Waals surface area contributed by atoms with Crippen molar-refractivity contribution in [3.8, 4) is 11.5 Å². The lowest BCUT2D eigenvalue weighted by atomic mass is 9.99. The smallest absolute Gasteiger partial charge is 0.171 e. The third-order valence-corrected chi connectivity index (χ3v) is 3.25. The Morgan fingerprint density at radius 2 is 1.94 bits per heavy atom.